The lowest BCUT2D eigenvalue weighted by molar-refractivity contribution is 0.109. The minimum atomic E-state index is 0.492. The van der Waals surface area contributed by atoms with Gasteiger partial charge in [0.05, 0.1) is 25.2 Å². The minimum absolute atomic E-state index is 0.492. The lowest BCUT2D eigenvalue weighted by Gasteiger charge is -2.18. The summed E-state index contributed by atoms with van der Waals surface area (Å²) in [7, 11) is 0. The third kappa shape index (κ3) is 1.75. The van der Waals surface area contributed by atoms with Crippen LogP contribution in [0, 0.1) is 6.92 Å². The number of aryl methyl sites for hydroxylation is 1. The van der Waals surface area contributed by atoms with Gasteiger partial charge in [0, 0.05) is 12.0 Å². The first kappa shape index (κ1) is 11.2. The molecule has 0 radical (unpaired) electrons. The van der Waals surface area contributed by atoms with E-state index in [-0.39, 0.29) is 0 Å². The van der Waals surface area contributed by atoms with E-state index in [4.69, 9.17) is 15.0 Å². The number of nitrogens with two attached hydrogens (primary N) is 1. The molecule has 0 unspecified atom stereocenters. The molecule has 2 aromatic heterocycles. The number of nitrogens with zero attached hydrogens (tertiary/aromatic N) is 2. The maximum absolute atomic E-state index is 5.51. The normalized spacial score (nSPS) is 14.3. The van der Waals surface area contributed by atoms with Crippen molar-refractivity contribution in [1.29, 1.82) is 0 Å². The quantitative estimate of drug-likeness (QED) is 0.615. The molecule has 94 valence electrons. The molecule has 0 bridgehead atoms. The van der Waals surface area contributed by atoms with Gasteiger partial charge in [-0.3, -0.25) is 0 Å². The molecule has 1 aliphatic heterocycles. The van der Waals surface area contributed by atoms with Crippen LogP contribution in [0.15, 0.2) is 16.7 Å². The zero-order valence-corrected chi connectivity index (χ0v) is 10.1. The van der Waals surface area contributed by atoms with Crippen LogP contribution in [-0.2, 0) is 17.8 Å². The molecule has 0 aliphatic carbocycles. The van der Waals surface area contributed by atoms with E-state index in [1.807, 2.05) is 13.0 Å². The highest BCUT2D eigenvalue weighted by molar-refractivity contribution is 5.58. The fourth-order valence-electron chi connectivity index (χ4n) is 2.05. The van der Waals surface area contributed by atoms with Gasteiger partial charge in [-0.25, -0.2) is 15.8 Å². The van der Waals surface area contributed by atoms with Gasteiger partial charge in [-0.15, -0.1) is 0 Å². The van der Waals surface area contributed by atoms with Crippen LogP contribution < -0.4 is 11.3 Å². The summed E-state index contributed by atoms with van der Waals surface area (Å²) in [6, 6.07) is 1.89. The Hall–Kier alpha value is -1.92. The van der Waals surface area contributed by atoms with E-state index >= 15 is 0 Å². The first-order chi connectivity index (χ1) is 8.79. The highest BCUT2D eigenvalue weighted by Gasteiger charge is 2.20. The maximum Gasteiger partial charge on any atom is 0.198 e. The molecule has 0 spiro atoms. The predicted octanol–water partition coefficient (Wildman–Crippen LogP) is 1.40. The van der Waals surface area contributed by atoms with E-state index in [2.05, 4.69) is 15.4 Å². The fraction of sp³-hybridized carbons (Fsp3) is 0.333. The highest BCUT2D eigenvalue weighted by Crippen LogP contribution is 2.27. The molecule has 0 amide bonds. The van der Waals surface area contributed by atoms with Crippen LogP contribution >= 0.6 is 0 Å². The van der Waals surface area contributed by atoms with E-state index in [0.717, 1.165) is 23.2 Å². The lowest BCUT2D eigenvalue weighted by atomic mass is 10.1. The highest BCUT2D eigenvalue weighted by atomic mass is 16.5. The smallest absolute Gasteiger partial charge is 0.198 e. The van der Waals surface area contributed by atoms with Crippen LogP contribution in [0.4, 0.5) is 5.82 Å². The average Bonchev–Trinajstić information content (AvgIpc) is 2.83. The number of ether oxygens (including phenoxy) is 1. The number of nitrogen functional groups attached to an aromatic ring is 1. The Morgan fingerprint density at radius 1 is 1.39 bits per heavy atom. The Balaban J connectivity index is 2.14. The zero-order chi connectivity index (χ0) is 12.5. The van der Waals surface area contributed by atoms with Crippen LogP contribution in [0.2, 0.25) is 0 Å². The van der Waals surface area contributed by atoms with E-state index in [0.29, 0.717) is 30.6 Å². The number of aromatic nitrogens is 2. The molecule has 0 fully saturated rings. The Bertz CT molecular complexity index is 562. The molecule has 18 heavy (non-hydrogen) atoms. The molecule has 3 rings (SSSR count). The number of furan rings is 1. The standard InChI is InChI=1S/C12H14N4O2/c1-7-2-5-18-10(7)12-14-9-3-4-17-6-8(9)11(15-12)16-13/h2,5H,3-4,6,13H2,1H3,(H,14,15,16). The van der Waals surface area contributed by atoms with E-state index in [1.165, 1.54) is 0 Å². The van der Waals surface area contributed by atoms with Crippen LogP contribution in [-0.4, -0.2) is 16.6 Å². The second kappa shape index (κ2) is 4.40. The Morgan fingerprint density at radius 3 is 3.00 bits per heavy atom. The van der Waals surface area contributed by atoms with Crippen molar-refractivity contribution in [3.8, 4) is 11.6 Å². The van der Waals surface area contributed by atoms with Crippen molar-refractivity contribution >= 4 is 5.82 Å². The van der Waals surface area contributed by atoms with E-state index in [9.17, 15) is 0 Å². The minimum Gasteiger partial charge on any atom is -0.461 e. The number of anilines is 1. The van der Waals surface area contributed by atoms with Crippen LogP contribution in [0.3, 0.4) is 0 Å². The zero-order valence-electron chi connectivity index (χ0n) is 10.1. The van der Waals surface area contributed by atoms with Gasteiger partial charge < -0.3 is 14.6 Å². The fourth-order valence-corrected chi connectivity index (χ4v) is 2.05. The van der Waals surface area contributed by atoms with Gasteiger partial charge in [0.15, 0.2) is 11.6 Å². The summed E-state index contributed by atoms with van der Waals surface area (Å²) in [6.45, 7) is 3.12. The Kier molecular flexibility index (Phi) is 2.73. The predicted molar refractivity (Wildman–Crippen MR) is 65.6 cm³/mol. The average molecular weight is 246 g/mol. The maximum atomic E-state index is 5.51. The summed E-state index contributed by atoms with van der Waals surface area (Å²) in [5, 5.41) is 0. The topological polar surface area (TPSA) is 86.2 Å². The van der Waals surface area contributed by atoms with Gasteiger partial charge in [0.1, 0.15) is 5.82 Å². The van der Waals surface area contributed by atoms with Crippen molar-refractivity contribution in [2.24, 2.45) is 5.84 Å². The van der Waals surface area contributed by atoms with Crippen LogP contribution in [0.25, 0.3) is 11.6 Å². The van der Waals surface area contributed by atoms with Crippen molar-refractivity contribution in [3.05, 3.63) is 29.2 Å². The second-order valence-electron chi connectivity index (χ2n) is 4.20. The number of rotatable bonds is 2. The first-order valence-corrected chi connectivity index (χ1v) is 5.78. The van der Waals surface area contributed by atoms with Crippen molar-refractivity contribution in [2.75, 3.05) is 12.0 Å². The van der Waals surface area contributed by atoms with E-state index in [1.54, 1.807) is 6.26 Å². The summed E-state index contributed by atoms with van der Waals surface area (Å²) in [4.78, 5) is 8.93. The van der Waals surface area contributed by atoms with Gasteiger partial charge in [-0.1, -0.05) is 0 Å². The number of nitrogens with one attached hydrogen (secondary N) is 1. The van der Waals surface area contributed by atoms with Gasteiger partial charge >= 0.3 is 0 Å². The number of hydrazine groups is 1. The van der Waals surface area contributed by atoms with Crippen molar-refractivity contribution in [2.45, 2.75) is 20.0 Å². The van der Waals surface area contributed by atoms with Gasteiger partial charge in [0.25, 0.3) is 0 Å². The molecule has 0 saturated heterocycles. The van der Waals surface area contributed by atoms with Crippen molar-refractivity contribution in [1.82, 2.24) is 9.97 Å². The Labute approximate surface area is 104 Å². The lowest BCUT2D eigenvalue weighted by Crippen LogP contribution is -2.19. The van der Waals surface area contributed by atoms with Gasteiger partial charge in [-0.2, -0.15) is 0 Å². The third-order valence-electron chi connectivity index (χ3n) is 3.02. The van der Waals surface area contributed by atoms with Gasteiger partial charge in [-0.05, 0) is 18.6 Å². The summed E-state index contributed by atoms with van der Waals surface area (Å²) in [5.74, 6) is 7.35. The number of hydrogen-bond donors (Lipinski definition) is 2. The molecule has 0 atom stereocenters. The molecule has 2 aromatic rings. The molecule has 6 nitrogen and oxygen atoms in total. The van der Waals surface area contributed by atoms with Crippen LogP contribution in [0.5, 0.6) is 0 Å². The molecule has 1 aliphatic rings. The van der Waals surface area contributed by atoms with E-state index < -0.39 is 0 Å². The molecule has 3 N–H and O–H groups in total. The number of fused-ring (bicyclic) bond motifs is 1. The first-order valence-electron chi connectivity index (χ1n) is 5.78. The molecule has 6 heteroatoms. The van der Waals surface area contributed by atoms with Crippen LogP contribution in [0.1, 0.15) is 16.8 Å². The van der Waals surface area contributed by atoms with Gasteiger partial charge in [0.2, 0.25) is 0 Å². The molecular formula is C12H14N4O2. The molecule has 3 heterocycles. The molecule has 0 aromatic carbocycles. The summed E-state index contributed by atoms with van der Waals surface area (Å²) < 4.78 is 10.8. The SMILES string of the molecule is Cc1ccoc1-c1nc2c(c(NN)n1)COCC2. The second-order valence-corrected chi connectivity index (χ2v) is 4.20. The van der Waals surface area contributed by atoms with Crippen molar-refractivity contribution < 1.29 is 9.15 Å². The molecular weight excluding hydrogens is 232 g/mol. The van der Waals surface area contributed by atoms with Crippen molar-refractivity contribution in [3.63, 3.8) is 0 Å². The Morgan fingerprint density at radius 2 is 2.28 bits per heavy atom. The summed E-state index contributed by atoms with van der Waals surface area (Å²) >= 11 is 0. The molecule has 0 saturated carbocycles. The largest absolute Gasteiger partial charge is 0.461 e. The summed E-state index contributed by atoms with van der Waals surface area (Å²) in [5.41, 5.74) is 5.50. The number of hydrogen-bond acceptors (Lipinski definition) is 6. The third-order valence-corrected chi connectivity index (χ3v) is 3.02. The summed E-state index contributed by atoms with van der Waals surface area (Å²) in [6.07, 6.45) is 2.39. The monoisotopic (exact) mass is 246 g/mol.